The van der Waals surface area contributed by atoms with Crippen molar-refractivity contribution in [3.05, 3.63) is 65.2 Å². The maximum absolute atomic E-state index is 12.3. The van der Waals surface area contributed by atoms with E-state index in [1.807, 2.05) is 6.92 Å². The van der Waals surface area contributed by atoms with Crippen molar-refractivity contribution >= 4 is 15.9 Å². The first-order valence-corrected chi connectivity index (χ1v) is 9.84. The third-order valence-electron chi connectivity index (χ3n) is 3.83. The Labute approximate surface area is 149 Å². The molecule has 0 spiro atoms. The lowest BCUT2D eigenvalue weighted by Crippen LogP contribution is -2.25. The molecule has 0 aliphatic rings. The van der Waals surface area contributed by atoms with Gasteiger partial charge in [-0.2, -0.15) is 0 Å². The summed E-state index contributed by atoms with van der Waals surface area (Å²) in [4.78, 5) is 12.2. The van der Waals surface area contributed by atoms with Gasteiger partial charge in [-0.15, -0.1) is 0 Å². The van der Waals surface area contributed by atoms with Crippen LogP contribution in [0.5, 0.6) is 0 Å². The van der Waals surface area contributed by atoms with Crippen LogP contribution in [0.4, 0.5) is 0 Å². The van der Waals surface area contributed by atoms with E-state index in [4.69, 9.17) is 0 Å². The molecule has 25 heavy (non-hydrogen) atoms. The Morgan fingerprint density at radius 1 is 1.00 bits per heavy atom. The van der Waals surface area contributed by atoms with Crippen molar-refractivity contribution < 1.29 is 13.2 Å². The molecule has 0 aliphatic carbocycles. The molecule has 5 nitrogen and oxygen atoms in total. The van der Waals surface area contributed by atoms with Crippen molar-refractivity contribution in [3.8, 4) is 0 Å². The summed E-state index contributed by atoms with van der Waals surface area (Å²) >= 11 is 0. The van der Waals surface area contributed by atoms with Gasteiger partial charge in [-0.05, 0) is 43.2 Å². The third kappa shape index (κ3) is 5.69. The van der Waals surface area contributed by atoms with Crippen molar-refractivity contribution in [1.29, 1.82) is 0 Å². The fraction of sp³-hybridized carbons (Fsp3) is 0.316. The zero-order chi connectivity index (χ0) is 18.3. The second-order valence-electron chi connectivity index (χ2n) is 5.94. The molecule has 0 aromatic heterocycles. The molecule has 0 atom stereocenters. The predicted octanol–water partition coefficient (Wildman–Crippen LogP) is 3.00. The van der Waals surface area contributed by atoms with E-state index in [1.165, 1.54) is 0 Å². The van der Waals surface area contributed by atoms with Crippen molar-refractivity contribution in [3.63, 3.8) is 0 Å². The molecular formula is C19H24N2O3S. The molecule has 0 fully saturated rings. The van der Waals surface area contributed by atoms with E-state index in [-0.39, 0.29) is 17.3 Å². The number of sulfonamides is 1. The monoisotopic (exact) mass is 360 g/mol. The molecule has 1 amide bonds. The molecule has 0 heterocycles. The van der Waals surface area contributed by atoms with E-state index < -0.39 is 10.0 Å². The van der Waals surface area contributed by atoms with Gasteiger partial charge in [-0.1, -0.05) is 43.2 Å². The lowest BCUT2D eigenvalue weighted by molar-refractivity contribution is 0.0953. The molecule has 0 aliphatic heterocycles. The molecule has 2 N–H and O–H groups in total. The van der Waals surface area contributed by atoms with E-state index in [1.54, 1.807) is 48.5 Å². The summed E-state index contributed by atoms with van der Waals surface area (Å²) in [5.41, 5.74) is 2.37. The van der Waals surface area contributed by atoms with E-state index in [9.17, 15) is 13.2 Å². The van der Waals surface area contributed by atoms with Crippen LogP contribution in [0.2, 0.25) is 0 Å². The van der Waals surface area contributed by atoms with Gasteiger partial charge < -0.3 is 5.32 Å². The second kappa shape index (κ2) is 8.78. The number of hydrogen-bond donors (Lipinski definition) is 2. The van der Waals surface area contributed by atoms with Gasteiger partial charge in [0.1, 0.15) is 0 Å². The van der Waals surface area contributed by atoms with Crippen LogP contribution in [-0.4, -0.2) is 20.9 Å². The SMILES string of the molecule is CCCCNC(=O)c1ccc(CNS(=O)(=O)c2ccc(C)cc2)cc1. The number of aryl methyl sites for hydroxylation is 1. The number of nitrogens with one attached hydrogen (secondary N) is 2. The van der Waals surface area contributed by atoms with Crippen molar-refractivity contribution in [1.82, 2.24) is 10.0 Å². The van der Waals surface area contributed by atoms with Gasteiger partial charge in [0.15, 0.2) is 0 Å². The summed E-state index contributed by atoms with van der Waals surface area (Å²) in [6.45, 7) is 4.81. The highest BCUT2D eigenvalue weighted by Gasteiger charge is 2.13. The quantitative estimate of drug-likeness (QED) is 0.711. The average molecular weight is 360 g/mol. The van der Waals surface area contributed by atoms with E-state index in [2.05, 4.69) is 17.0 Å². The molecule has 0 saturated heterocycles. The van der Waals surface area contributed by atoms with Crippen LogP contribution in [0.3, 0.4) is 0 Å². The maximum atomic E-state index is 12.3. The molecule has 134 valence electrons. The maximum Gasteiger partial charge on any atom is 0.251 e. The van der Waals surface area contributed by atoms with Crippen LogP contribution < -0.4 is 10.0 Å². The molecular weight excluding hydrogens is 336 g/mol. The molecule has 6 heteroatoms. The van der Waals surface area contributed by atoms with Crippen LogP contribution in [-0.2, 0) is 16.6 Å². The highest BCUT2D eigenvalue weighted by atomic mass is 32.2. The van der Waals surface area contributed by atoms with Crippen molar-refractivity contribution in [2.45, 2.75) is 38.1 Å². The number of benzene rings is 2. The van der Waals surface area contributed by atoms with Gasteiger partial charge in [0.2, 0.25) is 10.0 Å². The highest BCUT2D eigenvalue weighted by molar-refractivity contribution is 7.89. The summed E-state index contributed by atoms with van der Waals surface area (Å²) in [7, 11) is -3.55. The number of unbranched alkanes of at least 4 members (excludes halogenated alkanes) is 1. The van der Waals surface area contributed by atoms with E-state index >= 15 is 0 Å². The molecule has 2 aromatic carbocycles. The van der Waals surface area contributed by atoms with Gasteiger partial charge in [0.25, 0.3) is 5.91 Å². The summed E-state index contributed by atoms with van der Waals surface area (Å²) < 4.78 is 27.1. The Kier molecular flexibility index (Phi) is 6.73. The number of amides is 1. The van der Waals surface area contributed by atoms with Gasteiger partial charge in [-0.25, -0.2) is 13.1 Å². The van der Waals surface area contributed by atoms with Gasteiger partial charge in [0, 0.05) is 18.7 Å². The Hall–Kier alpha value is -2.18. The fourth-order valence-electron chi connectivity index (χ4n) is 2.23. The Morgan fingerprint density at radius 2 is 1.64 bits per heavy atom. The average Bonchev–Trinajstić information content (AvgIpc) is 2.61. The van der Waals surface area contributed by atoms with Gasteiger partial charge in [0.05, 0.1) is 4.90 Å². The standard InChI is InChI=1S/C19H24N2O3S/c1-3-4-13-20-19(22)17-9-7-16(8-10-17)14-21-25(23,24)18-11-5-15(2)6-12-18/h5-12,21H,3-4,13-14H2,1-2H3,(H,20,22). The molecule has 0 unspecified atom stereocenters. The normalized spacial score (nSPS) is 11.3. The smallest absolute Gasteiger partial charge is 0.251 e. The number of hydrogen-bond acceptors (Lipinski definition) is 3. The van der Waals surface area contributed by atoms with Crippen LogP contribution >= 0.6 is 0 Å². The Balaban J connectivity index is 1.95. The number of rotatable bonds is 8. The minimum Gasteiger partial charge on any atom is -0.352 e. The molecule has 0 bridgehead atoms. The zero-order valence-electron chi connectivity index (χ0n) is 14.6. The summed E-state index contributed by atoms with van der Waals surface area (Å²) in [6.07, 6.45) is 1.98. The van der Waals surface area contributed by atoms with Crippen LogP contribution in [0.25, 0.3) is 0 Å². The predicted molar refractivity (Wildman–Crippen MR) is 98.9 cm³/mol. The summed E-state index contributed by atoms with van der Waals surface area (Å²) in [5, 5.41) is 2.85. The fourth-order valence-corrected chi connectivity index (χ4v) is 3.25. The Bertz CT molecular complexity index is 798. The lowest BCUT2D eigenvalue weighted by atomic mass is 10.1. The Morgan fingerprint density at radius 3 is 2.24 bits per heavy atom. The van der Waals surface area contributed by atoms with Crippen LogP contribution in [0, 0.1) is 6.92 Å². The lowest BCUT2D eigenvalue weighted by Gasteiger charge is -2.08. The summed E-state index contributed by atoms with van der Waals surface area (Å²) in [5.74, 6) is -0.111. The first kappa shape index (κ1) is 19.1. The third-order valence-corrected chi connectivity index (χ3v) is 5.25. The topological polar surface area (TPSA) is 75.3 Å². The van der Waals surface area contributed by atoms with Crippen molar-refractivity contribution in [2.24, 2.45) is 0 Å². The first-order valence-electron chi connectivity index (χ1n) is 8.36. The molecule has 2 aromatic rings. The van der Waals surface area contributed by atoms with E-state index in [0.29, 0.717) is 12.1 Å². The second-order valence-corrected chi connectivity index (χ2v) is 7.71. The van der Waals surface area contributed by atoms with Gasteiger partial charge in [-0.3, -0.25) is 4.79 Å². The minimum atomic E-state index is -3.55. The number of carbonyl (C=O) groups is 1. The van der Waals surface area contributed by atoms with Crippen LogP contribution in [0.15, 0.2) is 53.4 Å². The molecule has 0 saturated carbocycles. The first-order chi connectivity index (χ1) is 11.9. The van der Waals surface area contributed by atoms with Crippen molar-refractivity contribution in [2.75, 3.05) is 6.54 Å². The van der Waals surface area contributed by atoms with E-state index in [0.717, 1.165) is 24.0 Å². The largest absolute Gasteiger partial charge is 0.352 e. The molecule has 0 radical (unpaired) electrons. The summed E-state index contributed by atoms with van der Waals surface area (Å²) in [6, 6.07) is 13.6. The number of carbonyl (C=O) groups excluding carboxylic acids is 1. The zero-order valence-corrected chi connectivity index (χ0v) is 15.4. The minimum absolute atomic E-state index is 0.111. The van der Waals surface area contributed by atoms with Crippen LogP contribution in [0.1, 0.15) is 41.3 Å². The highest BCUT2D eigenvalue weighted by Crippen LogP contribution is 2.11. The van der Waals surface area contributed by atoms with Gasteiger partial charge >= 0.3 is 0 Å². The molecule has 2 rings (SSSR count).